The Morgan fingerprint density at radius 3 is 2.82 bits per heavy atom. The number of hydrogen-bond donors (Lipinski definition) is 1. The molecule has 1 aromatic heterocycles. The highest BCUT2D eigenvalue weighted by Crippen LogP contribution is 1.98. The normalized spacial score (nSPS) is 8.45. The largest absolute Gasteiger partial charge is 0.381 e. The van der Waals surface area contributed by atoms with Gasteiger partial charge in [0.05, 0.1) is 0 Å². The van der Waals surface area contributed by atoms with E-state index < -0.39 is 0 Å². The Hall–Kier alpha value is -1.34. The van der Waals surface area contributed by atoms with E-state index in [-0.39, 0.29) is 0 Å². The van der Waals surface area contributed by atoms with Gasteiger partial charge in [-0.15, -0.1) is 5.54 Å². The molecule has 3 nitrogen and oxygen atoms in total. The Labute approximate surface area is 67.9 Å². The first-order valence-electron chi connectivity index (χ1n) is 3.09. The van der Waals surface area contributed by atoms with Crippen LogP contribution in [-0.2, 0) is 0 Å². The van der Waals surface area contributed by atoms with E-state index >= 15 is 0 Å². The average Bonchev–Trinajstić information content (AvgIpc) is 2.03. The summed E-state index contributed by atoms with van der Waals surface area (Å²) in [6.45, 7) is 2.00. The molecular formula is C7H7N3Si. The molecule has 11 heavy (non-hydrogen) atoms. The standard InChI is InChI=1S/C7H7N3Si/c1-11-5-2-6-7(8)10-4-3-9-6/h3-4H,1H3,(H2,8,10). The van der Waals surface area contributed by atoms with Gasteiger partial charge < -0.3 is 5.73 Å². The molecule has 0 saturated heterocycles. The summed E-state index contributed by atoms with van der Waals surface area (Å²) in [7, 11) is 0.595. The molecular weight excluding hydrogens is 154 g/mol. The zero-order valence-electron chi connectivity index (χ0n) is 6.13. The number of anilines is 1. The third kappa shape index (κ3) is 2.06. The van der Waals surface area contributed by atoms with E-state index in [0.29, 0.717) is 21.0 Å². The summed E-state index contributed by atoms with van der Waals surface area (Å²) in [4.78, 5) is 7.81. The van der Waals surface area contributed by atoms with Crippen LogP contribution in [0.1, 0.15) is 5.69 Å². The summed E-state index contributed by atoms with van der Waals surface area (Å²) in [5, 5.41) is 0. The van der Waals surface area contributed by atoms with Gasteiger partial charge >= 0.3 is 0 Å². The van der Waals surface area contributed by atoms with Crippen molar-refractivity contribution in [3.05, 3.63) is 18.1 Å². The first kappa shape index (κ1) is 7.76. The minimum atomic E-state index is 0.401. The van der Waals surface area contributed by atoms with Crippen LogP contribution in [0.25, 0.3) is 0 Å². The van der Waals surface area contributed by atoms with Gasteiger partial charge in [0.25, 0.3) is 0 Å². The molecule has 0 saturated carbocycles. The summed E-state index contributed by atoms with van der Waals surface area (Å²) >= 11 is 0. The van der Waals surface area contributed by atoms with Crippen LogP contribution in [-0.4, -0.2) is 19.5 Å². The van der Waals surface area contributed by atoms with Crippen molar-refractivity contribution in [3.63, 3.8) is 0 Å². The van der Waals surface area contributed by atoms with Crippen LogP contribution in [0.15, 0.2) is 12.4 Å². The molecule has 1 aromatic rings. The molecule has 0 amide bonds. The van der Waals surface area contributed by atoms with Crippen LogP contribution in [0.2, 0.25) is 6.55 Å². The lowest BCUT2D eigenvalue weighted by Crippen LogP contribution is -1.96. The van der Waals surface area contributed by atoms with Crippen molar-refractivity contribution in [2.45, 2.75) is 6.55 Å². The molecule has 0 aliphatic rings. The highest BCUT2D eigenvalue weighted by molar-refractivity contribution is 6.44. The molecule has 0 aliphatic carbocycles. The number of hydrogen-bond acceptors (Lipinski definition) is 3. The highest BCUT2D eigenvalue weighted by atomic mass is 28.2. The van der Waals surface area contributed by atoms with E-state index in [0.717, 1.165) is 0 Å². The SMILES string of the molecule is C[Si]C#Cc1nccnc1N. The maximum atomic E-state index is 5.49. The Morgan fingerprint density at radius 2 is 2.18 bits per heavy atom. The van der Waals surface area contributed by atoms with Gasteiger partial charge in [0.15, 0.2) is 11.5 Å². The first-order valence-corrected chi connectivity index (χ1v) is 4.59. The fraction of sp³-hybridized carbons (Fsp3) is 0.143. The zero-order valence-corrected chi connectivity index (χ0v) is 7.13. The van der Waals surface area contributed by atoms with Gasteiger partial charge in [-0.2, -0.15) is 0 Å². The smallest absolute Gasteiger partial charge is 0.158 e. The maximum Gasteiger partial charge on any atom is 0.158 e. The van der Waals surface area contributed by atoms with E-state index in [9.17, 15) is 0 Å². The van der Waals surface area contributed by atoms with Crippen molar-refractivity contribution in [3.8, 4) is 11.5 Å². The topological polar surface area (TPSA) is 51.8 Å². The highest BCUT2D eigenvalue weighted by Gasteiger charge is 1.93. The Bertz CT molecular complexity index is 300. The number of nitrogens with two attached hydrogens (primary N) is 1. The average molecular weight is 161 g/mol. The van der Waals surface area contributed by atoms with Crippen molar-refractivity contribution in [2.75, 3.05) is 5.73 Å². The van der Waals surface area contributed by atoms with Crippen molar-refractivity contribution in [1.82, 2.24) is 9.97 Å². The van der Waals surface area contributed by atoms with E-state index in [2.05, 4.69) is 21.4 Å². The minimum Gasteiger partial charge on any atom is -0.381 e. The molecule has 0 spiro atoms. The molecule has 1 rings (SSSR count). The van der Waals surface area contributed by atoms with E-state index in [4.69, 9.17) is 5.73 Å². The summed E-state index contributed by atoms with van der Waals surface area (Å²) in [5.74, 6) is 3.23. The molecule has 0 unspecified atom stereocenters. The van der Waals surface area contributed by atoms with Gasteiger partial charge in [-0.3, -0.25) is 0 Å². The van der Waals surface area contributed by atoms with Crippen molar-refractivity contribution in [1.29, 1.82) is 0 Å². The Morgan fingerprint density at radius 1 is 1.45 bits per heavy atom. The van der Waals surface area contributed by atoms with Crippen molar-refractivity contribution >= 4 is 15.3 Å². The van der Waals surface area contributed by atoms with E-state index in [1.165, 1.54) is 0 Å². The lowest BCUT2D eigenvalue weighted by Gasteiger charge is -1.91. The van der Waals surface area contributed by atoms with Crippen LogP contribution in [0.4, 0.5) is 5.82 Å². The quantitative estimate of drug-likeness (QED) is 0.434. The summed E-state index contributed by atoms with van der Waals surface area (Å²) in [5.41, 5.74) is 8.96. The second kappa shape index (κ2) is 3.74. The number of nitrogens with zero attached hydrogens (tertiary/aromatic N) is 2. The lowest BCUT2D eigenvalue weighted by molar-refractivity contribution is 1.19. The zero-order chi connectivity index (χ0) is 8.10. The van der Waals surface area contributed by atoms with E-state index in [1.807, 2.05) is 6.55 Å². The third-order valence-corrected chi connectivity index (χ3v) is 1.41. The maximum absolute atomic E-state index is 5.49. The predicted molar refractivity (Wildman–Crippen MR) is 44.9 cm³/mol. The fourth-order valence-corrected chi connectivity index (χ4v) is 0.810. The summed E-state index contributed by atoms with van der Waals surface area (Å²) in [6.07, 6.45) is 3.13. The number of aromatic nitrogens is 2. The second-order valence-corrected chi connectivity index (χ2v) is 2.54. The second-order valence-electron chi connectivity index (χ2n) is 1.79. The molecule has 0 aromatic carbocycles. The lowest BCUT2D eigenvalue weighted by atomic mass is 10.4. The molecule has 54 valence electrons. The van der Waals surface area contributed by atoms with Crippen LogP contribution in [0.3, 0.4) is 0 Å². The monoisotopic (exact) mass is 161 g/mol. The number of nitrogen functional groups attached to an aromatic ring is 1. The molecule has 1 heterocycles. The number of rotatable bonds is 0. The molecule has 0 fully saturated rings. The molecule has 0 aliphatic heterocycles. The van der Waals surface area contributed by atoms with Crippen molar-refractivity contribution < 1.29 is 0 Å². The van der Waals surface area contributed by atoms with E-state index in [1.54, 1.807) is 12.4 Å². The van der Waals surface area contributed by atoms with Crippen LogP contribution in [0.5, 0.6) is 0 Å². The van der Waals surface area contributed by atoms with Crippen LogP contribution in [0, 0.1) is 11.5 Å². The van der Waals surface area contributed by atoms with Crippen LogP contribution < -0.4 is 5.73 Å². The molecule has 2 radical (unpaired) electrons. The van der Waals surface area contributed by atoms with Gasteiger partial charge in [-0.25, -0.2) is 9.97 Å². The fourth-order valence-electron chi connectivity index (χ4n) is 0.567. The van der Waals surface area contributed by atoms with Crippen molar-refractivity contribution in [2.24, 2.45) is 0 Å². The Balaban J connectivity index is 2.95. The van der Waals surface area contributed by atoms with Crippen LogP contribution >= 0.6 is 0 Å². The minimum absolute atomic E-state index is 0.401. The molecule has 4 heteroatoms. The third-order valence-electron chi connectivity index (χ3n) is 1.03. The van der Waals surface area contributed by atoms with Gasteiger partial charge in [-0.05, 0) is 0 Å². The molecule has 0 bridgehead atoms. The Kier molecular flexibility index (Phi) is 2.64. The van der Waals surface area contributed by atoms with Gasteiger partial charge in [0.2, 0.25) is 0 Å². The predicted octanol–water partition coefficient (Wildman–Crippen LogP) is 0.120. The molecule has 2 N–H and O–H groups in total. The van der Waals surface area contributed by atoms with Gasteiger partial charge in [0, 0.05) is 12.4 Å². The van der Waals surface area contributed by atoms with Gasteiger partial charge in [-0.1, -0.05) is 12.5 Å². The first-order chi connectivity index (χ1) is 5.34. The van der Waals surface area contributed by atoms with Gasteiger partial charge in [0.1, 0.15) is 9.52 Å². The summed E-state index contributed by atoms with van der Waals surface area (Å²) in [6, 6.07) is 0. The molecule has 0 atom stereocenters. The summed E-state index contributed by atoms with van der Waals surface area (Å²) < 4.78 is 0.